The number of halogens is 1. The van der Waals surface area contributed by atoms with Crippen LogP contribution in [0.2, 0.25) is 0 Å². The molecule has 0 radical (unpaired) electrons. The van der Waals surface area contributed by atoms with E-state index in [1.807, 2.05) is 48.5 Å². The number of aromatic nitrogens is 2. The van der Waals surface area contributed by atoms with E-state index in [1.165, 1.54) is 0 Å². The van der Waals surface area contributed by atoms with E-state index in [-0.39, 0.29) is 29.7 Å². The minimum atomic E-state index is 0. The predicted octanol–water partition coefficient (Wildman–Crippen LogP) is 3.62. The van der Waals surface area contributed by atoms with Crippen LogP contribution in [0.5, 0.6) is 11.5 Å². The lowest BCUT2D eigenvalue weighted by atomic mass is 10.2. The predicted molar refractivity (Wildman–Crippen MR) is 126 cm³/mol. The van der Waals surface area contributed by atoms with Crippen molar-refractivity contribution in [3.63, 3.8) is 0 Å². The van der Waals surface area contributed by atoms with Crippen LogP contribution in [-0.4, -0.2) is 47.1 Å². The first-order valence-electron chi connectivity index (χ1n) is 8.97. The summed E-state index contributed by atoms with van der Waals surface area (Å²) < 4.78 is 5.22. The zero-order valence-corrected chi connectivity index (χ0v) is 19.0. The molecule has 3 aromatic rings. The summed E-state index contributed by atoms with van der Waals surface area (Å²) in [6.07, 6.45) is 1.84. The molecule has 29 heavy (non-hydrogen) atoms. The number of aromatic amines is 1. The number of ether oxygens (including phenoxy) is 1. The van der Waals surface area contributed by atoms with Gasteiger partial charge in [-0.15, -0.1) is 24.0 Å². The number of methoxy groups -OCH3 is 1. The monoisotopic (exact) mass is 507 g/mol. The van der Waals surface area contributed by atoms with Crippen molar-refractivity contribution in [2.24, 2.45) is 4.99 Å². The second-order valence-corrected chi connectivity index (χ2v) is 6.36. The molecular weight excluding hydrogens is 481 g/mol. The van der Waals surface area contributed by atoms with E-state index in [9.17, 15) is 5.11 Å². The number of hydrogen-bond donors (Lipinski definition) is 3. The Morgan fingerprint density at radius 2 is 2.00 bits per heavy atom. The molecule has 3 N–H and O–H groups in total. The Morgan fingerprint density at radius 3 is 2.69 bits per heavy atom. The molecule has 0 fully saturated rings. The molecule has 0 saturated heterocycles. The number of phenols is 1. The molecule has 1 heterocycles. The van der Waals surface area contributed by atoms with Crippen LogP contribution in [0.1, 0.15) is 11.4 Å². The van der Waals surface area contributed by atoms with E-state index in [0.29, 0.717) is 24.8 Å². The molecule has 0 aliphatic rings. The van der Waals surface area contributed by atoms with E-state index in [1.54, 1.807) is 32.4 Å². The fourth-order valence-corrected chi connectivity index (χ4v) is 2.90. The average Bonchev–Trinajstić information content (AvgIpc) is 3.19. The summed E-state index contributed by atoms with van der Waals surface area (Å²) in [5.74, 6) is 2.44. The third kappa shape index (κ3) is 5.86. The molecular formula is C21H26IN5O2. The average molecular weight is 507 g/mol. The molecule has 7 nitrogen and oxygen atoms in total. The molecule has 0 unspecified atom stereocenters. The number of rotatable bonds is 6. The fraction of sp³-hybridized carbons (Fsp3) is 0.238. The second kappa shape index (κ2) is 10.7. The highest BCUT2D eigenvalue weighted by Gasteiger charge is 2.11. The Balaban J connectivity index is 0.00000300. The van der Waals surface area contributed by atoms with Crippen LogP contribution in [0.25, 0.3) is 11.3 Å². The summed E-state index contributed by atoms with van der Waals surface area (Å²) in [6.45, 7) is 0.990. The second-order valence-electron chi connectivity index (χ2n) is 6.36. The van der Waals surface area contributed by atoms with Gasteiger partial charge in [-0.3, -0.25) is 4.99 Å². The van der Waals surface area contributed by atoms with Crippen LogP contribution in [-0.2, 0) is 13.1 Å². The Hall–Kier alpha value is -2.75. The van der Waals surface area contributed by atoms with Crippen molar-refractivity contribution in [1.29, 1.82) is 0 Å². The summed E-state index contributed by atoms with van der Waals surface area (Å²) in [5, 5.41) is 13.3. The zero-order valence-electron chi connectivity index (χ0n) is 16.7. The first kappa shape index (κ1) is 22.5. The number of aliphatic imine (C=N–C) groups is 1. The number of guanidine groups is 1. The Bertz CT molecular complexity index is 943. The van der Waals surface area contributed by atoms with Gasteiger partial charge < -0.3 is 25.0 Å². The first-order valence-corrected chi connectivity index (χ1v) is 8.97. The summed E-state index contributed by atoms with van der Waals surface area (Å²) in [7, 11) is 5.26. The SMILES string of the molecule is CN=C(NCc1cc(OC)ccc1O)N(C)Cc1ncc(-c2ccccc2)[nH]1.I. The summed E-state index contributed by atoms with van der Waals surface area (Å²) in [6, 6.07) is 15.2. The van der Waals surface area contributed by atoms with E-state index in [2.05, 4.69) is 20.3 Å². The maximum atomic E-state index is 10.0. The quantitative estimate of drug-likeness (QED) is 0.270. The lowest BCUT2D eigenvalue weighted by Gasteiger charge is -2.21. The molecule has 2 aromatic carbocycles. The summed E-state index contributed by atoms with van der Waals surface area (Å²) in [5.41, 5.74) is 2.81. The van der Waals surface area contributed by atoms with Gasteiger partial charge in [0.1, 0.15) is 17.3 Å². The van der Waals surface area contributed by atoms with Crippen LogP contribution in [0, 0.1) is 0 Å². The number of nitrogens with one attached hydrogen (secondary N) is 2. The standard InChI is InChI=1S/C21H25N5O2.HI/c1-22-21(24-12-16-11-17(28-3)9-10-19(16)27)26(2)14-20-23-13-18(25-20)15-7-5-4-6-8-15;/h4-11,13,27H,12,14H2,1-3H3,(H,22,24)(H,23,25);1H. The van der Waals surface area contributed by atoms with Crippen molar-refractivity contribution < 1.29 is 9.84 Å². The highest BCUT2D eigenvalue weighted by molar-refractivity contribution is 14.0. The van der Waals surface area contributed by atoms with Crippen molar-refractivity contribution in [3.05, 3.63) is 66.1 Å². The van der Waals surface area contributed by atoms with E-state index >= 15 is 0 Å². The molecule has 0 aliphatic heterocycles. The van der Waals surface area contributed by atoms with Crippen LogP contribution in [0.15, 0.2) is 59.7 Å². The Kier molecular flexibility index (Phi) is 8.32. The van der Waals surface area contributed by atoms with Crippen molar-refractivity contribution in [3.8, 4) is 22.8 Å². The molecule has 0 spiro atoms. The third-order valence-electron chi connectivity index (χ3n) is 4.40. The number of aromatic hydroxyl groups is 1. The molecule has 0 atom stereocenters. The van der Waals surface area contributed by atoms with E-state index in [0.717, 1.165) is 22.6 Å². The molecule has 0 aliphatic carbocycles. The topological polar surface area (TPSA) is 85.8 Å². The Morgan fingerprint density at radius 1 is 1.24 bits per heavy atom. The number of benzene rings is 2. The lowest BCUT2D eigenvalue weighted by Crippen LogP contribution is -2.38. The maximum Gasteiger partial charge on any atom is 0.194 e. The largest absolute Gasteiger partial charge is 0.508 e. The molecule has 0 saturated carbocycles. The number of imidazole rings is 1. The molecule has 0 bridgehead atoms. The van der Waals surface area contributed by atoms with Crippen molar-refractivity contribution in [2.45, 2.75) is 13.1 Å². The van der Waals surface area contributed by atoms with Crippen molar-refractivity contribution in [1.82, 2.24) is 20.2 Å². The van der Waals surface area contributed by atoms with Gasteiger partial charge >= 0.3 is 0 Å². The Labute approximate surface area is 187 Å². The molecule has 3 rings (SSSR count). The van der Waals surface area contributed by atoms with Gasteiger partial charge in [0, 0.05) is 26.2 Å². The highest BCUT2D eigenvalue weighted by atomic mass is 127. The molecule has 8 heteroatoms. The van der Waals surface area contributed by atoms with Gasteiger partial charge in [-0.1, -0.05) is 30.3 Å². The van der Waals surface area contributed by atoms with Gasteiger partial charge in [-0.05, 0) is 23.8 Å². The number of hydrogen-bond acceptors (Lipinski definition) is 4. The first-order chi connectivity index (χ1) is 13.6. The van der Waals surface area contributed by atoms with Crippen LogP contribution < -0.4 is 10.1 Å². The van der Waals surface area contributed by atoms with E-state index < -0.39 is 0 Å². The maximum absolute atomic E-state index is 10.0. The minimum Gasteiger partial charge on any atom is -0.508 e. The molecule has 154 valence electrons. The number of nitrogens with zero attached hydrogens (tertiary/aromatic N) is 3. The highest BCUT2D eigenvalue weighted by Crippen LogP contribution is 2.22. The van der Waals surface area contributed by atoms with Gasteiger partial charge in [0.05, 0.1) is 25.5 Å². The molecule has 1 aromatic heterocycles. The van der Waals surface area contributed by atoms with E-state index in [4.69, 9.17) is 4.74 Å². The lowest BCUT2D eigenvalue weighted by molar-refractivity contribution is 0.410. The van der Waals surface area contributed by atoms with Gasteiger partial charge in [0.2, 0.25) is 0 Å². The van der Waals surface area contributed by atoms with Crippen LogP contribution in [0.3, 0.4) is 0 Å². The van der Waals surface area contributed by atoms with Crippen molar-refractivity contribution in [2.75, 3.05) is 21.2 Å². The van der Waals surface area contributed by atoms with Crippen LogP contribution in [0.4, 0.5) is 0 Å². The van der Waals surface area contributed by atoms with Gasteiger partial charge in [0.25, 0.3) is 0 Å². The summed E-state index contributed by atoms with van der Waals surface area (Å²) >= 11 is 0. The van der Waals surface area contributed by atoms with Crippen LogP contribution >= 0.6 is 24.0 Å². The van der Waals surface area contributed by atoms with Gasteiger partial charge in [-0.2, -0.15) is 0 Å². The fourth-order valence-electron chi connectivity index (χ4n) is 2.90. The number of phenolic OH excluding ortho intramolecular Hbond substituents is 1. The number of H-pyrrole nitrogens is 1. The summed E-state index contributed by atoms with van der Waals surface area (Å²) in [4.78, 5) is 14.1. The van der Waals surface area contributed by atoms with Gasteiger partial charge in [0.15, 0.2) is 5.96 Å². The third-order valence-corrected chi connectivity index (χ3v) is 4.40. The smallest absolute Gasteiger partial charge is 0.194 e. The van der Waals surface area contributed by atoms with Gasteiger partial charge in [-0.25, -0.2) is 4.98 Å². The minimum absolute atomic E-state index is 0. The van der Waals surface area contributed by atoms with Crippen molar-refractivity contribution >= 4 is 29.9 Å². The zero-order chi connectivity index (χ0) is 19.9. The normalized spacial score (nSPS) is 10.9. The molecule has 0 amide bonds.